The Morgan fingerprint density at radius 3 is 2.60 bits per heavy atom. The summed E-state index contributed by atoms with van der Waals surface area (Å²) in [6.45, 7) is 0.370. The smallest absolute Gasteiger partial charge is 0.166 e. The van der Waals surface area contributed by atoms with Crippen molar-refractivity contribution in [2.75, 3.05) is 6.54 Å². The number of hydrogen-bond acceptors (Lipinski definition) is 3. The molecule has 6 heteroatoms. The van der Waals surface area contributed by atoms with Gasteiger partial charge >= 0.3 is 0 Å². The molecule has 0 aromatic heterocycles. The zero-order chi connectivity index (χ0) is 10.7. The molecular formula is C9H13Cl2FN2O. The maximum atomic E-state index is 13.0. The summed E-state index contributed by atoms with van der Waals surface area (Å²) in [7, 11) is 0. The first-order chi connectivity index (χ1) is 6.56. The number of aromatic hydroxyl groups is 1. The number of hydrogen-bond donors (Lipinski definition) is 3. The van der Waals surface area contributed by atoms with Crippen molar-refractivity contribution in [3.8, 4) is 5.75 Å². The van der Waals surface area contributed by atoms with Crippen LogP contribution in [0.5, 0.6) is 5.75 Å². The number of phenolic OH excluding ortho intramolecular Hbond substituents is 1. The lowest BCUT2D eigenvalue weighted by Gasteiger charge is -2.13. The molecule has 0 aliphatic rings. The molecule has 0 aliphatic heterocycles. The van der Waals surface area contributed by atoms with E-state index in [9.17, 15) is 9.50 Å². The average Bonchev–Trinajstić information content (AvgIpc) is 2.11. The number of benzene rings is 1. The van der Waals surface area contributed by atoms with Crippen LogP contribution in [-0.2, 0) is 0 Å². The van der Waals surface area contributed by atoms with Crippen molar-refractivity contribution in [3.05, 3.63) is 28.5 Å². The van der Waals surface area contributed by atoms with Gasteiger partial charge in [-0.3, -0.25) is 0 Å². The Hall–Kier alpha value is -0.550. The van der Waals surface area contributed by atoms with Crippen LogP contribution in [0, 0.1) is 5.82 Å². The Labute approximate surface area is 98.6 Å². The molecule has 86 valence electrons. The highest BCUT2D eigenvalue weighted by Crippen LogP contribution is 2.30. The van der Waals surface area contributed by atoms with Crippen LogP contribution < -0.4 is 11.5 Å². The summed E-state index contributed by atoms with van der Waals surface area (Å²) in [4.78, 5) is 0. The molecule has 0 bridgehead atoms. The van der Waals surface area contributed by atoms with E-state index in [1.165, 1.54) is 6.07 Å². The van der Waals surface area contributed by atoms with Crippen LogP contribution in [0.3, 0.4) is 0 Å². The first-order valence-electron chi connectivity index (χ1n) is 4.19. The zero-order valence-electron chi connectivity index (χ0n) is 7.91. The summed E-state index contributed by atoms with van der Waals surface area (Å²) in [6, 6.07) is 1.99. The standard InChI is InChI=1S/C9H12ClFN2O.ClH/c10-5-3-6(8(13)1-2-12)9(14)7(11)4-5;/h3-4,8,14H,1-2,12-13H2;1H/t8-;/m0./s1. The molecule has 0 fully saturated rings. The number of rotatable bonds is 3. The van der Waals surface area contributed by atoms with Gasteiger partial charge in [0.2, 0.25) is 0 Å². The van der Waals surface area contributed by atoms with E-state index < -0.39 is 17.6 Å². The van der Waals surface area contributed by atoms with Gasteiger partial charge in [-0.2, -0.15) is 0 Å². The molecule has 1 aromatic rings. The fraction of sp³-hybridized carbons (Fsp3) is 0.333. The molecule has 5 N–H and O–H groups in total. The number of nitrogens with two attached hydrogens (primary N) is 2. The average molecular weight is 255 g/mol. The molecule has 0 spiro atoms. The largest absolute Gasteiger partial charge is 0.505 e. The summed E-state index contributed by atoms with van der Waals surface area (Å²) in [6.07, 6.45) is 0.466. The van der Waals surface area contributed by atoms with Gasteiger partial charge in [0.25, 0.3) is 0 Å². The maximum absolute atomic E-state index is 13.0. The first kappa shape index (κ1) is 14.5. The second-order valence-electron chi connectivity index (χ2n) is 3.01. The van der Waals surface area contributed by atoms with Crippen molar-refractivity contribution in [2.24, 2.45) is 11.5 Å². The van der Waals surface area contributed by atoms with Crippen molar-refractivity contribution >= 4 is 24.0 Å². The van der Waals surface area contributed by atoms with E-state index in [2.05, 4.69) is 0 Å². The van der Waals surface area contributed by atoms with Gasteiger partial charge in [-0.15, -0.1) is 12.4 Å². The lowest BCUT2D eigenvalue weighted by molar-refractivity contribution is 0.419. The van der Waals surface area contributed by atoms with Crippen LogP contribution >= 0.6 is 24.0 Å². The van der Waals surface area contributed by atoms with Gasteiger partial charge < -0.3 is 16.6 Å². The van der Waals surface area contributed by atoms with E-state index in [-0.39, 0.29) is 17.4 Å². The fourth-order valence-corrected chi connectivity index (χ4v) is 1.42. The highest BCUT2D eigenvalue weighted by molar-refractivity contribution is 6.30. The summed E-state index contributed by atoms with van der Waals surface area (Å²) in [5.74, 6) is -1.21. The van der Waals surface area contributed by atoms with E-state index in [1.807, 2.05) is 0 Å². The Morgan fingerprint density at radius 2 is 2.07 bits per heavy atom. The predicted octanol–water partition coefficient (Wildman–Crippen LogP) is 1.96. The Bertz CT molecular complexity index is 336. The van der Waals surface area contributed by atoms with E-state index in [4.69, 9.17) is 23.1 Å². The molecule has 0 saturated heterocycles. The fourth-order valence-electron chi connectivity index (χ4n) is 1.20. The van der Waals surface area contributed by atoms with Crippen LogP contribution in [0.2, 0.25) is 5.02 Å². The lowest BCUT2D eigenvalue weighted by Crippen LogP contribution is -2.15. The van der Waals surface area contributed by atoms with Crippen molar-refractivity contribution in [1.82, 2.24) is 0 Å². The normalized spacial score (nSPS) is 12.0. The van der Waals surface area contributed by atoms with Gasteiger partial charge in [0.05, 0.1) is 0 Å². The molecule has 0 aliphatic carbocycles. The van der Waals surface area contributed by atoms with E-state index in [0.717, 1.165) is 6.07 Å². The summed E-state index contributed by atoms with van der Waals surface area (Å²) < 4.78 is 13.0. The van der Waals surface area contributed by atoms with Gasteiger partial charge in [0.15, 0.2) is 11.6 Å². The maximum Gasteiger partial charge on any atom is 0.166 e. The summed E-state index contributed by atoms with van der Waals surface area (Å²) in [5.41, 5.74) is 11.3. The van der Waals surface area contributed by atoms with Gasteiger partial charge in [0, 0.05) is 16.6 Å². The van der Waals surface area contributed by atoms with Crippen molar-refractivity contribution < 1.29 is 9.50 Å². The van der Waals surface area contributed by atoms with E-state index in [0.29, 0.717) is 18.5 Å². The molecule has 0 unspecified atom stereocenters. The first-order valence-corrected chi connectivity index (χ1v) is 4.57. The van der Waals surface area contributed by atoms with Crippen molar-refractivity contribution in [1.29, 1.82) is 0 Å². The third kappa shape index (κ3) is 3.50. The number of halogens is 3. The van der Waals surface area contributed by atoms with Gasteiger partial charge in [-0.05, 0) is 25.1 Å². The molecular weight excluding hydrogens is 242 g/mol. The molecule has 0 radical (unpaired) electrons. The van der Waals surface area contributed by atoms with Crippen molar-refractivity contribution in [2.45, 2.75) is 12.5 Å². The highest BCUT2D eigenvalue weighted by Gasteiger charge is 2.14. The van der Waals surface area contributed by atoms with Crippen LogP contribution in [0.4, 0.5) is 4.39 Å². The van der Waals surface area contributed by atoms with Crippen LogP contribution in [0.25, 0.3) is 0 Å². The monoisotopic (exact) mass is 254 g/mol. The number of phenols is 1. The predicted molar refractivity (Wildman–Crippen MR) is 60.9 cm³/mol. The topological polar surface area (TPSA) is 72.3 Å². The van der Waals surface area contributed by atoms with E-state index in [1.54, 1.807) is 0 Å². The summed E-state index contributed by atoms with van der Waals surface area (Å²) >= 11 is 5.63. The zero-order valence-corrected chi connectivity index (χ0v) is 9.48. The Balaban J connectivity index is 0.00000196. The SMILES string of the molecule is Cl.NCC[C@H](N)c1cc(Cl)cc(F)c1O. The second kappa shape index (κ2) is 6.12. The quantitative estimate of drug-likeness (QED) is 0.773. The third-order valence-corrected chi connectivity index (χ3v) is 2.15. The second-order valence-corrected chi connectivity index (χ2v) is 3.45. The van der Waals surface area contributed by atoms with Gasteiger partial charge in [-0.25, -0.2) is 4.39 Å². The molecule has 0 amide bonds. The molecule has 15 heavy (non-hydrogen) atoms. The van der Waals surface area contributed by atoms with Crippen molar-refractivity contribution in [3.63, 3.8) is 0 Å². The lowest BCUT2D eigenvalue weighted by atomic mass is 10.0. The molecule has 0 saturated carbocycles. The van der Waals surface area contributed by atoms with Crippen LogP contribution in [-0.4, -0.2) is 11.7 Å². The van der Waals surface area contributed by atoms with Crippen LogP contribution in [0.15, 0.2) is 12.1 Å². The minimum Gasteiger partial charge on any atom is -0.505 e. The molecule has 3 nitrogen and oxygen atoms in total. The minimum absolute atomic E-state index is 0. The van der Waals surface area contributed by atoms with Gasteiger partial charge in [-0.1, -0.05) is 11.6 Å². The molecule has 1 rings (SSSR count). The summed E-state index contributed by atoms with van der Waals surface area (Å²) in [5, 5.41) is 9.58. The van der Waals surface area contributed by atoms with Crippen LogP contribution in [0.1, 0.15) is 18.0 Å². The highest BCUT2D eigenvalue weighted by atomic mass is 35.5. The minimum atomic E-state index is -0.764. The van der Waals surface area contributed by atoms with E-state index >= 15 is 0 Å². The van der Waals surface area contributed by atoms with Gasteiger partial charge in [0.1, 0.15) is 0 Å². The Morgan fingerprint density at radius 1 is 1.47 bits per heavy atom. The molecule has 1 atom stereocenters. The third-order valence-electron chi connectivity index (χ3n) is 1.93. The Kier molecular flexibility index (Phi) is 5.90. The molecule has 1 aromatic carbocycles. The molecule has 0 heterocycles.